The highest BCUT2D eigenvalue weighted by Crippen LogP contribution is 2.36. The van der Waals surface area contributed by atoms with Gasteiger partial charge in [-0.1, -0.05) is 0 Å². The van der Waals surface area contributed by atoms with Crippen LogP contribution in [-0.2, 0) is 6.42 Å². The van der Waals surface area contributed by atoms with Crippen molar-refractivity contribution in [3.63, 3.8) is 0 Å². The molecule has 0 aromatic heterocycles. The molecule has 14 heavy (non-hydrogen) atoms. The molecule has 0 saturated carbocycles. The predicted molar refractivity (Wildman–Crippen MR) is 48.3 cm³/mol. The number of benzene rings is 1. The fraction of sp³-hybridized carbons (Fsp3) is 0.333. The Morgan fingerprint density at radius 2 is 2.29 bits per heavy atom. The summed E-state index contributed by atoms with van der Waals surface area (Å²) in [7, 11) is 0. The van der Waals surface area contributed by atoms with Crippen molar-refractivity contribution in [3.8, 4) is 0 Å². The number of fused-ring (bicyclic) bond motifs is 1. The second-order valence-corrected chi connectivity index (χ2v) is 3.39. The summed E-state index contributed by atoms with van der Waals surface area (Å²) >= 11 is 0. The maximum atomic E-state index is 13.0. The first-order chi connectivity index (χ1) is 6.59. The van der Waals surface area contributed by atoms with Gasteiger partial charge in [0, 0.05) is 11.6 Å². The van der Waals surface area contributed by atoms with Gasteiger partial charge in [0.15, 0.2) is 0 Å². The number of nitro groups is 1. The number of nitrogens with zero attached hydrogens (tertiary/aromatic N) is 1. The van der Waals surface area contributed by atoms with E-state index in [2.05, 4.69) is 0 Å². The van der Waals surface area contributed by atoms with E-state index in [9.17, 15) is 14.5 Å². The minimum atomic E-state index is -0.590. The fourth-order valence-electron chi connectivity index (χ4n) is 1.86. The largest absolute Gasteiger partial charge is 0.324 e. The summed E-state index contributed by atoms with van der Waals surface area (Å²) in [6, 6.07) is 1.98. The van der Waals surface area contributed by atoms with Crippen molar-refractivity contribution in [3.05, 3.63) is 39.2 Å². The van der Waals surface area contributed by atoms with Crippen LogP contribution in [0.1, 0.15) is 23.6 Å². The molecule has 0 radical (unpaired) electrons. The zero-order valence-corrected chi connectivity index (χ0v) is 7.37. The molecule has 0 heterocycles. The molecule has 74 valence electrons. The van der Waals surface area contributed by atoms with Crippen LogP contribution in [0.5, 0.6) is 0 Å². The third-order valence-electron chi connectivity index (χ3n) is 2.53. The van der Waals surface area contributed by atoms with Crippen LogP contribution < -0.4 is 5.73 Å². The van der Waals surface area contributed by atoms with E-state index in [0.29, 0.717) is 24.0 Å². The zero-order chi connectivity index (χ0) is 10.3. The summed E-state index contributed by atoms with van der Waals surface area (Å²) in [5.74, 6) is -0.590. The zero-order valence-electron chi connectivity index (χ0n) is 7.37. The Morgan fingerprint density at radius 1 is 1.57 bits per heavy atom. The van der Waals surface area contributed by atoms with Gasteiger partial charge in [-0.05, 0) is 24.5 Å². The lowest BCUT2D eigenvalue weighted by Crippen LogP contribution is -2.06. The van der Waals surface area contributed by atoms with E-state index in [4.69, 9.17) is 5.73 Å². The average Bonchev–Trinajstić information content (AvgIpc) is 2.47. The smallest absolute Gasteiger partial charge is 0.275 e. The van der Waals surface area contributed by atoms with Crippen LogP contribution >= 0.6 is 0 Å². The third kappa shape index (κ3) is 1.26. The average molecular weight is 196 g/mol. The number of rotatable bonds is 1. The van der Waals surface area contributed by atoms with Crippen molar-refractivity contribution in [1.29, 1.82) is 0 Å². The normalized spacial score (nSPS) is 19.4. The lowest BCUT2D eigenvalue weighted by atomic mass is 10.1. The molecule has 2 N–H and O–H groups in total. The van der Waals surface area contributed by atoms with Crippen molar-refractivity contribution in [2.75, 3.05) is 0 Å². The third-order valence-corrected chi connectivity index (χ3v) is 2.53. The Morgan fingerprint density at radius 3 is 2.93 bits per heavy atom. The number of hydrogen-bond donors (Lipinski definition) is 1. The van der Waals surface area contributed by atoms with Crippen LogP contribution in [0, 0.1) is 15.9 Å². The molecule has 0 aliphatic heterocycles. The van der Waals surface area contributed by atoms with E-state index in [1.807, 2.05) is 0 Å². The van der Waals surface area contributed by atoms with Crippen molar-refractivity contribution in [2.45, 2.75) is 18.9 Å². The van der Waals surface area contributed by atoms with E-state index >= 15 is 0 Å². The summed E-state index contributed by atoms with van der Waals surface area (Å²) in [5.41, 5.74) is 6.72. The monoisotopic (exact) mass is 196 g/mol. The molecule has 1 aliphatic rings. The summed E-state index contributed by atoms with van der Waals surface area (Å²) in [5, 5.41) is 10.6. The molecular weight excluding hydrogens is 187 g/mol. The van der Waals surface area contributed by atoms with Gasteiger partial charge >= 0.3 is 0 Å². The van der Waals surface area contributed by atoms with Crippen LogP contribution in [0.4, 0.5) is 10.1 Å². The lowest BCUT2D eigenvalue weighted by molar-refractivity contribution is -0.385. The van der Waals surface area contributed by atoms with Gasteiger partial charge in [0.25, 0.3) is 5.69 Å². The highest BCUT2D eigenvalue weighted by atomic mass is 19.1. The van der Waals surface area contributed by atoms with Crippen molar-refractivity contribution < 1.29 is 9.31 Å². The molecule has 0 amide bonds. The number of hydrogen-bond acceptors (Lipinski definition) is 3. The molecular formula is C9H9FN2O2. The molecule has 1 aliphatic carbocycles. The fourth-order valence-corrected chi connectivity index (χ4v) is 1.86. The minimum Gasteiger partial charge on any atom is -0.324 e. The first-order valence-electron chi connectivity index (χ1n) is 4.32. The van der Waals surface area contributed by atoms with Gasteiger partial charge in [-0.3, -0.25) is 10.1 Å². The Kier molecular flexibility index (Phi) is 1.96. The van der Waals surface area contributed by atoms with Crippen molar-refractivity contribution in [2.24, 2.45) is 5.73 Å². The Balaban J connectivity index is 2.63. The van der Waals surface area contributed by atoms with E-state index in [-0.39, 0.29) is 11.7 Å². The SMILES string of the molecule is N[C@H]1CCc2c1cc(F)cc2[N+](=O)[O-]. The van der Waals surface area contributed by atoms with Crippen molar-refractivity contribution >= 4 is 5.69 Å². The second kappa shape index (κ2) is 3.02. The molecule has 0 saturated heterocycles. The Hall–Kier alpha value is -1.49. The van der Waals surface area contributed by atoms with Crippen LogP contribution in [0.2, 0.25) is 0 Å². The standard InChI is InChI=1S/C9H9FN2O2/c10-5-3-7-6(1-2-8(7)11)9(4-5)12(13)14/h3-4,8H,1-2,11H2/t8-/m0/s1. The highest BCUT2D eigenvalue weighted by Gasteiger charge is 2.27. The molecule has 0 unspecified atom stereocenters. The van der Waals surface area contributed by atoms with E-state index in [0.717, 1.165) is 6.07 Å². The summed E-state index contributed by atoms with van der Waals surface area (Å²) < 4.78 is 13.0. The molecule has 0 fully saturated rings. The first kappa shape index (κ1) is 9.08. The topological polar surface area (TPSA) is 69.2 Å². The molecule has 1 aromatic rings. The second-order valence-electron chi connectivity index (χ2n) is 3.39. The maximum Gasteiger partial charge on any atom is 0.275 e. The van der Waals surface area contributed by atoms with Gasteiger partial charge in [0.1, 0.15) is 5.82 Å². The Bertz CT molecular complexity index is 406. The predicted octanol–water partition coefficient (Wildman–Crippen LogP) is 1.68. The van der Waals surface area contributed by atoms with Gasteiger partial charge in [-0.15, -0.1) is 0 Å². The number of nitrogens with two attached hydrogens (primary N) is 1. The van der Waals surface area contributed by atoms with E-state index in [1.165, 1.54) is 6.07 Å². The van der Waals surface area contributed by atoms with Gasteiger partial charge < -0.3 is 5.73 Å². The van der Waals surface area contributed by atoms with E-state index in [1.54, 1.807) is 0 Å². The van der Waals surface area contributed by atoms with Crippen molar-refractivity contribution in [1.82, 2.24) is 0 Å². The summed E-state index contributed by atoms with van der Waals surface area (Å²) in [6.07, 6.45) is 1.21. The molecule has 2 rings (SSSR count). The lowest BCUT2D eigenvalue weighted by Gasteiger charge is -2.04. The van der Waals surface area contributed by atoms with Gasteiger partial charge in [-0.2, -0.15) is 0 Å². The molecule has 5 heteroatoms. The molecule has 4 nitrogen and oxygen atoms in total. The van der Waals surface area contributed by atoms with E-state index < -0.39 is 10.7 Å². The summed E-state index contributed by atoms with van der Waals surface area (Å²) in [4.78, 5) is 10.1. The van der Waals surface area contributed by atoms with Crippen LogP contribution in [-0.4, -0.2) is 4.92 Å². The highest BCUT2D eigenvalue weighted by molar-refractivity contribution is 5.49. The maximum absolute atomic E-state index is 13.0. The van der Waals surface area contributed by atoms with Gasteiger partial charge in [-0.25, -0.2) is 4.39 Å². The first-order valence-corrected chi connectivity index (χ1v) is 4.32. The summed E-state index contributed by atoms with van der Waals surface area (Å²) in [6.45, 7) is 0. The van der Waals surface area contributed by atoms with Crippen LogP contribution in [0.25, 0.3) is 0 Å². The Labute approximate surface area is 79.7 Å². The minimum absolute atomic E-state index is 0.145. The molecule has 0 spiro atoms. The van der Waals surface area contributed by atoms with Crippen LogP contribution in [0.15, 0.2) is 12.1 Å². The number of nitro benzene ring substituents is 1. The molecule has 1 atom stereocenters. The molecule has 0 bridgehead atoms. The van der Waals surface area contributed by atoms with Gasteiger partial charge in [0.2, 0.25) is 0 Å². The molecule has 1 aromatic carbocycles. The van der Waals surface area contributed by atoms with Crippen LogP contribution in [0.3, 0.4) is 0 Å². The van der Waals surface area contributed by atoms with Gasteiger partial charge in [0.05, 0.1) is 11.0 Å². The quantitative estimate of drug-likeness (QED) is 0.548. The number of halogens is 1.